The van der Waals surface area contributed by atoms with Gasteiger partial charge in [0.2, 0.25) is 5.91 Å². The Morgan fingerprint density at radius 3 is 2.43 bits per heavy atom. The first-order chi connectivity index (χ1) is 11.1. The van der Waals surface area contributed by atoms with Crippen molar-refractivity contribution >= 4 is 35.2 Å². The zero-order valence-electron chi connectivity index (χ0n) is 12.9. The summed E-state index contributed by atoms with van der Waals surface area (Å²) in [5.74, 6) is 1.17. The molecule has 1 aromatic rings. The number of esters is 1. The normalized spacial score (nSPS) is 22.5. The minimum absolute atomic E-state index is 0.173. The Bertz CT molecular complexity index is 625. The first-order valence-electron chi connectivity index (χ1n) is 7.49. The fraction of sp³-hybridized carbons (Fsp3) is 0.438. The second-order valence-corrected chi connectivity index (χ2v) is 6.70. The number of amides is 2. The second kappa shape index (κ2) is 6.72. The van der Waals surface area contributed by atoms with Crippen LogP contribution in [0.25, 0.3) is 0 Å². The maximum Gasteiger partial charge on any atom is 0.337 e. The van der Waals surface area contributed by atoms with E-state index in [1.807, 2.05) is 11.8 Å². The van der Waals surface area contributed by atoms with Crippen LogP contribution in [0, 0.1) is 0 Å². The van der Waals surface area contributed by atoms with Crippen LogP contribution in [0.1, 0.15) is 16.8 Å². The van der Waals surface area contributed by atoms with Crippen molar-refractivity contribution in [2.24, 2.45) is 0 Å². The Labute approximate surface area is 138 Å². The van der Waals surface area contributed by atoms with Crippen LogP contribution in [-0.2, 0) is 14.3 Å². The van der Waals surface area contributed by atoms with E-state index in [1.54, 1.807) is 24.3 Å². The zero-order valence-corrected chi connectivity index (χ0v) is 13.7. The number of benzene rings is 1. The highest BCUT2D eigenvalue weighted by molar-refractivity contribution is 7.99. The molecule has 2 aliphatic heterocycles. The van der Waals surface area contributed by atoms with Gasteiger partial charge in [0.25, 0.3) is 5.91 Å². The highest BCUT2D eigenvalue weighted by Crippen LogP contribution is 2.27. The lowest BCUT2D eigenvalue weighted by Crippen LogP contribution is -2.45. The fourth-order valence-corrected chi connectivity index (χ4v) is 3.86. The van der Waals surface area contributed by atoms with Crippen LogP contribution in [0.3, 0.4) is 0 Å². The summed E-state index contributed by atoms with van der Waals surface area (Å²) < 4.78 is 4.65. The van der Waals surface area contributed by atoms with Gasteiger partial charge in [-0.1, -0.05) is 0 Å². The van der Waals surface area contributed by atoms with Gasteiger partial charge in [0, 0.05) is 24.6 Å². The molecule has 6 nitrogen and oxygen atoms in total. The number of hydrogen-bond donors (Lipinski definition) is 0. The average molecular weight is 334 g/mol. The van der Waals surface area contributed by atoms with Gasteiger partial charge in [-0.05, 0) is 24.3 Å². The number of rotatable bonds is 3. The van der Waals surface area contributed by atoms with Crippen LogP contribution in [0.5, 0.6) is 0 Å². The molecule has 0 aliphatic carbocycles. The van der Waals surface area contributed by atoms with Gasteiger partial charge in [0.05, 0.1) is 30.8 Å². The molecule has 1 aromatic carbocycles. The monoisotopic (exact) mass is 334 g/mol. The molecule has 2 aliphatic rings. The lowest BCUT2D eigenvalue weighted by atomic mass is 10.2. The predicted molar refractivity (Wildman–Crippen MR) is 87.6 cm³/mol. The van der Waals surface area contributed by atoms with Crippen LogP contribution < -0.4 is 4.90 Å². The SMILES string of the molecule is COC(=O)c1ccc(N2C(=O)CC(N3CCSCC3)C2=O)cc1. The molecule has 0 aromatic heterocycles. The largest absolute Gasteiger partial charge is 0.465 e. The number of carbonyl (C=O) groups is 3. The molecule has 1 atom stereocenters. The number of hydrogen-bond acceptors (Lipinski definition) is 6. The van der Waals surface area contributed by atoms with E-state index in [0.29, 0.717) is 11.3 Å². The molecule has 0 saturated carbocycles. The van der Waals surface area contributed by atoms with Gasteiger partial charge in [-0.25, -0.2) is 9.69 Å². The number of anilines is 1. The molecule has 1 unspecified atom stereocenters. The van der Waals surface area contributed by atoms with E-state index in [4.69, 9.17) is 0 Å². The third-order valence-corrected chi connectivity index (χ3v) is 5.10. The van der Waals surface area contributed by atoms with E-state index in [9.17, 15) is 14.4 Å². The van der Waals surface area contributed by atoms with Gasteiger partial charge in [0.1, 0.15) is 0 Å². The van der Waals surface area contributed by atoms with Crippen molar-refractivity contribution in [3.05, 3.63) is 29.8 Å². The lowest BCUT2D eigenvalue weighted by molar-refractivity contribution is -0.122. The Hall–Kier alpha value is -1.86. The summed E-state index contributed by atoms with van der Waals surface area (Å²) in [4.78, 5) is 39.7. The summed E-state index contributed by atoms with van der Waals surface area (Å²) in [5, 5.41) is 0. The van der Waals surface area contributed by atoms with E-state index in [-0.39, 0.29) is 24.3 Å². The number of ether oxygens (including phenoxy) is 1. The van der Waals surface area contributed by atoms with Crippen molar-refractivity contribution in [3.8, 4) is 0 Å². The maximum absolute atomic E-state index is 12.7. The van der Waals surface area contributed by atoms with Gasteiger partial charge in [0.15, 0.2) is 0 Å². The van der Waals surface area contributed by atoms with Crippen molar-refractivity contribution in [2.75, 3.05) is 36.6 Å². The number of thioether (sulfide) groups is 1. The van der Waals surface area contributed by atoms with Gasteiger partial charge in [-0.2, -0.15) is 11.8 Å². The molecule has 0 radical (unpaired) electrons. The molecule has 23 heavy (non-hydrogen) atoms. The molecular formula is C16H18N2O4S. The Balaban J connectivity index is 1.78. The minimum Gasteiger partial charge on any atom is -0.465 e. The minimum atomic E-state index is -0.445. The molecule has 0 spiro atoms. The Kier molecular flexibility index (Phi) is 4.68. The number of imide groups is 1. The third-order valence-electron chi connectivity index (χ3n) is 4.16. The highest BCUT2D eigenvalue weighted by Gasteiger charge is 2.42. The molecule has 122 valence electrons. The topological polar surface area (TPSA) is 66.9 Å². The van der Waals surface area contributed by atoms with Crippen LogP contribution >= 0.6 is 11.8 Å². The van der Waals surface area contributed by atoms with Crippen molar-refractivity contribution in [1.82, 2.24) is 4.90 Å². The van der Waals surface area contributed by atoms with E-state index >= 15 is 0 Å². The van der Waals surface area contributed by atoms with Crippen LogP contribution in [0.4, 0.5) is 5.69 Å². The molecule has 2 fully saturated rings. The number of methoxy groups -OCH3 is 1. The van der Waals surface area contributed by atoms with Gasteiger partial charge in [-0.3, -0.25) is 14.5 Å². The van der Waals surface area contributed by atoms with Gasteiger partial charge < -0.3 is 4.74 Å². The van der Waals surface area contributed by atoms with E-state index in [0.717, 1.165) is 24.6 Å². The molecule has 2 heterocycles. The van der Waals surface area contributed by atoms with E-state index in [1.165, 1.54) is 12.0 Å². The zero-order chi connectivity index (χ0) is 16.4. The fourth-order valence-electron chi connectivity index (χ4n) is 2.93. The van der Waals surface area contributed by atoms with E-state index in [2.05, 4.69) is 9.64 Å². The maximum atomic E-state index is 12.7. The predicted octanol–water partition coefficient (Wildman–Crippen LogP) is 1.15. The molecule has 0 N–H and O–H groups in total. The first-order valence-corrected chi connectivity index (χ1v) is 8.64. The summed E-state index contributed by atoms with van der Waals surface area (Å²) in [6.45, 7) is 1.67. The highest BCUT2D eigenvalue weighted by atomic mass is 32.2. The molecule has 2 saturated heterocycles. The van der Waals surface area contributed by atoms with Gasteiger partial charge in [-0.15, -0.1) is 0 Å². The second-order valence-electron chi connectivity index (χ2n) is 5.47. The average Bonchev–Trinajstić information content (AvgIpc) is 2.89. The molecule has 7 heteroatoms. The first kappa shape index (κ1) is 16.0. The molecule has 2 amide bonds. The Morgan fingerprint density at radius 1 is 1.17 bits per heavy atom. The van der Waals surface area contributed by atoms with Crippen LogP contribution in [0.2, 0.25) is 0 Å². The standard InChI is InChI=1S/C16H18N2O4S/c1-22-16(21)11-2-4-12(5-3-11)18-14(19)10-13(15(18)20)17-6-8-23-9-7-17/h2-5,13H,6-10H2,1H3. The molecule has 0 bridgehead atoms. The summed E-state index contributed by atoms with van der Waals surface area (Å²) in [6, 6.07) is 5.98. The van der Waals surface area contributed by atoms with Crippen molar-refractivity contribution in [1.29, 1.82) is 0 Å². The Morgan fingerprint density at radius 2 is 1.83 bits per heavy atom. The molecule has 3 rings (SSSR count). The van der Waals surface area contributed by atoms with Gasteiger partial charge >= 0.3 is 5.97 Å². The van der Waals surface area contributed by atoms with Crippen LogP contribution in [-0.4, -0.2) is 60.4 Å². The van der Waals surface area contributed by atoms with Crippen molar-refractivity contribution in [3.63, 3.8) is 0 Å². The summed E-state index contributed by atoms with van der Waals surface area (Å²) in [6.07, 6.45) is 0.224. The summed E-state index contributed by atoms with van der Waals surface area (Å²) >= 11 is 1.87. The smallest absolute Gasteiger partial charge is 0.337 e. The molecular weight excluding hydrogens is 316 g/mol. The van der Waals surface area contributed by atoms with E-state index < -0.39 is 5.97 Å². The quantitative estimate of drug-likeness (QED) is 0.610. The van der Waals surface area contributed by atoms with Crippen molar-refractivity contribution in [2.45, 2.75) is 12.5 Å². The number of carbonyl (C=O) groups excluding carboxylic acids is 3. The van der Waals surface area contributed by atoms with Crippen molar-refractivity contribution < 1.29 is 19.1 Å². The number of nitrogens with zero attached hydrogens (tertiary/aromatic N) is 2. The third kappa shape index (κ3) is 3.11. The van der Waals surface area contributed by atoms with Crippen LogP contribution in [0.15, 0.2) is 24.3 Å². The lowest BCUT2D eigenvalue weighted by Gasteiger charge is -2.30. The summed E-state index contributed by atoms with van der Waals surface area (Å²) in [7, 11) is 1.31. The summed E-state index contributed by atoms with van der Waals surface area (Å²) in [5.41, 5.74) is 0.890.